The number of benzene rings is 2. The van der Waals surface area contributed by atoms with Crippen LogP contribution in [0.1, 0.15) is 11.1 Å². The normalized spacial score (nSPS) is 12.3. The Morgan fingerprint density at radius 2 is 1.61 bits per heavy atom. The predicted molar refractivity (Wildman–Crippen MR) is 71.4 cm³/mol. The second-order valence-electron chi connectivity index (χ2n) is 4.35. The van der Waals surface area contributed by atoms with Crippen LogP contribution in [0.5, 0.6) is 0 Å². The average Bonchev–Trinajstić information content (AvgIpc) is 2.41. The number of nitrogens with two attached hydrogens (primary N) is 1. The van der Waals surface area contributed by atoms with E-state index in [1.54, 1.807) is 12.1 Å². The molecule has 0 heterocycles. The summed E-state index contributed by atoms with van der Waals surface area (Å²) >= 11 is 0. The zero-order valence-electron chi connectivity index (χ0n) is 10.1. The van der Waals surface area contributed by atoms with E-state index in [1.165, 1.54) is 11.6 Å². The Balaban J connectivity index is 2.04. The quantitative estimate of drug-likeness (QED) is 0.626. The maximum Gasteiger partial charge on any atom is 0.126 e. The number of rotatable bonds is 5. The Morgan fingerprint density at radius 1 is 0.944 bits per heavy atom. The van der Waals surface area contributed by atoms with Gasteiger partial charge in [-0.3, -0.25) is 11.3 Å². The lowest BCUT2D eigenvalue weighted by atomic mass is 9.99. The molecule has 0 bridgehead atoms. The minimum atomic E-state index is -0.175. The van der Waals surface area contributed by atoms with Crippen LogP contribution in [-0.4, -0.2) is 6.04 Å². The summed E-state index contributed by atoms with van der Waals surface area (Å²) < 4.78 is 13.6. The van der Waals surface area contributed by atoms with Gasteiger partial charge in [0.1, 0.15) is 5.82 Å². The first-order valence-electron chi connectivity index (χ1n) is 6.03. The number of hydrogen-bond acceptors (Lipinski definition) is 2. The fourth-order valence-electron chi connectivity index (χ4n) is 2.02. The van der Waals surface area contributed by atoms with E-state index in [9.17, 15) is 4.39 Å². The van der Waals surface area contributed by atoms with E-state index < -0.39 is 0 Å². The first kappa shape index (κ1) is 12.7. The summed E-state index contributed by atoms with van der Waals surface area (Å²) in [6.45, 7) is 0. The van der Waals surface area contributed by atoms with Crippen LogP contribution in [0, 0.1) is 5.82 Å². The lowest BCUT2D eigenvalue weighted by Crippen LogP contribution is -2.38. The van der Waals surface area contributed by atoms with Gasteiger partial charge in [0.05, 0.1) is 0 Å². The Morgan fingerprint density at radius 3 is 2.28 bits per heavy atom. The predicted octanol–water partition coefficient (Wildman–Crippen LogP) is 2.44. The van der Waals surface area contributed by atoms with Crippen molar-refractivity contribution in [1.29, 1.82) is 0 Å². The van der Waals surface area contributed by atoms with Crippen molar-refractivity contribution in [3.63, 3.8) is 0 Å². The molecule has 0 radical (unpaired) electrons. The maximum absolute atomic E-state index is 13.6. The van der Waals surface area contributed by atoms with Gasteiger partial charge in [-0.05, 0) is 30.0 Å². The molecule has 1 unspecified atom stereocenters. The summed E-state index contributed by atoms with van der Waals surface area (Å²) in [6, 6.07) is 16.9. The third kappa shape index (κ3) is 3.39. The van der Waals surface area contributed by atoms with Crippen molar-refractivity contribution in [2.75, 3.05) is 0 Å². The van der Waals surface area contributed by atoms with Crippen molar-refractivity contribution >= 4 is 0 Å². The minimum absolute atomic E-state index is 0.0318. The van der Waals surface area contributed by atoms with Gasteiger partial charge in [-0.2, -0.15) is 0 Å². The van der Waals surface area contributed by atoms with Crippen LogP contribution in [0.25, 0.3) is 0 Å². The Kier molecular flexibility index (Phi) is 4.45. The van der Waals surface area contributed by atoms with Crippen LogP contribution in [0.15, 0.2) is 54.6 Å². The standard InChI is InChI=1S/C15H17FN2/c16-15-9-5-4-8-13(15)11-14(18-17)10-12-6-2-1-3-7-12/h1-9,14,18H,10-11,17H2. The highest BCUT2D eigenvalue weighted by molar-refractivity contribution is 5.20. The largest absolute Gasteiger partial charge is 0.271 e. The topological polar surface area (TPSA) is 38.0 Å². The minimum Gasteiger partial charge on any atom is -0.271 e. The molecular weight excluding hydrogens is 227 g/mol. The van der Waals surface area contributed by atoms with Crippen LogP contribution in [0.2, 0.25) is 0 Å². The summed E-state index contributed by atoms with van der Waals surface area (Å²) in [6.07, 6.45) is 1.36. The molecule has 18 heavy (non-hydrogen) atoms. The highest BCUT2D eigenvalue weighted by atomic mass is 19.1. The van der Waals surface area contributed by atoms with Gasteiger partial charge in [-0.15, -0.1) is 0 Å². The smallest absolute Gasteiger partial charge is 0.126 e. The Hall–Kier alpha value is -1.71. The molecule has 0 fully saturated rings. The average molecular weight is 244 g/mol. The highest BCUT2D eigenvalue weighted by Crippen LogP contribution is 2.12. The summed E-state index contributed by atoms with van der Waals surface area (Å²) in [4.78, 5) is 0. The number of nitrogens with one attached hydrogen (secondary N) is 1. The molecule has 0 saturated carbocycles. The summed E-state index contributed by atoms with van der Waals surface area (Å²) in [5.74, 6) is 5.37. The van der Waals surface area contributed by atoms with E-state index in [4.69, 9.17) is 5.84 Å². The molecule has 0 spiro atoms. The van der Waals surface area contributed by atoms with Crippen LogP contribution < -0.4 is 11.3 Å². The van der Waals surface area contributed by atoms with E-state index in [1.807, 2.05) is 36.4 Å². The third-order valence-electron chi connectivity index (χ3n) is 2.98. The van der Waals surface area contributed by atoms with Gasteiger partial charge in [0.15, 0.2) is 0 Å². The molecule has 3 N–H and O–H groups in total. The van der Waals surface area contributed by atoms with Gasteiger partial charge in [0, 0.05) is 6.04 Å². The second kappa shape index (κ2) is 6.28. The van der Waals surface area contributed by atoms with Crippen LogP contribution in [0.4, 0.5) is 4.39 Å². The fraction of sp³-hybridized carbons (Fsp3) is 0.200. The molecule has 2 aromatic rings. The molecule has 3 heteroatoms. The molecule has 0 aliphatic carbocycles. The molecule has 1 atom stereocenters. The Bertz CT molecular complexity index is 485. The lowest BCUT2D eigenvalue weighted by molar-refractivity contribution is 0.506. The van der Waals surface area contributed by atoms with E-state index >= 15 is 0 Å². The molecular formula is C15H17FN2. The van der Waals surface area contributed by atoms with Crippen LogP contribution >= 0.6 is 0 Å². The van der Waals surface area contributed by atoms with E-state index in [0.29, 0.717) is 12.0 Å². The van der Waals surface area contributed by atoms with Crippen molar-refractivity contribution in [1.82, 2.24) is 5.43 Å². The molecule has 0 saturated heterocycles. The van der Waals surface area contributed by atoms with Gasteiger partial charge < -0.3 is 0 Å². The summed E-state index contributed by atoms with van der Waals surface area (Å²) in [5.41, 5.74) is 4.64. The van der Waals surface area contributed by atoms with Crippen LogP contribution in [-0.2, 0) is 12.8 Å². The molecule has 94 valence electrons. The first-order chi connectivity index (χ1) is 8.79. The van der Waals surface area contributed by atoms with Gasteiger partial charge in [-0.1, -0.05) is 48.5 Å². The number of hydrogen-bond donors (Lipinski definition) is 2. The second-order valence-corrected chi connectivity index (χ2v) is 4.35. The van der Waals surface area contributed by atoms with Gasteiger partial charge in [0.25, 0.3) is 0 Å². The van der Waals surface area contributed by atoms with Crippen molar-refractivity contribution < 1.29 is 4.39 Å². The van der Waals surface area contributed by atoms with Crippen molar-refractivity contribution in [3.8, 4) is 0 Å². The highest BCUT2D eigenvalue weighted by Gasteiger charge is 2.11. The molecule has 2 rings (SSSR count). The van der Waals surface area contributed by atoms with Crippen molar-refractivity contribution in [2.24, 2.45) is 5.84 Å². The van der Waals surface area contributed by atoms with E-state index in [2.05, 4.69) is 5.43 Å². The number of hydrazine groups is 1. The molecule has 2 nitrogen and oxygen atoms in total. The van der Waals surface area contributed by atoms with Crippen molar-refractivity contribution in [3.05, 3.63) is 71.5 Å². The van der Waals surface area contributed by atoms with Crippen LogP contribution in [0.3, 0.4) is 0 Å². The third-order valence-corrected chi connectivity index (χ3v) is 2.98. The molecule has 0 aromatic heterocycles. The van der Waals surface area contributed by atoms with Crippen molar-refractivity contribution in [2.45, 2.75) is 18.9 Å². The van der Waals surface area contributed by atoms with E-state index in [0.717, 1.165) is 6.42 Å². The fourth-order valence-corrected chi connectivity index (χ4v) is 2.02. The SMILES string of the molecule is NNC(Cc1ccccc1)Cc1ccccc1F. The summed E-state index contributed by atoms with van der Waals surface area (Å²) in [5, 5.41) is 0. The zero-order valence-corrected chi connectivity index (χ0v) is 10.1. The Labute approximate surface area is 107 Å². The first-order valence-corrected chi connectivity index (χ1v) is 6.03. The van der Waals surface area contributed by atoms with E-state index in [-0.39, 0.29) is 11.9 Å². The summed E-state index contributed by atoms with van der Waals surface area (Å²) in [7, 11) is 0. The van der Waals surface area contributed by atoms with Gasteiger partial charge in [0.2, 0.25) is 0 Å². The molecule has 0 aliphatic heterocycles. The van der Waals surface area contributed by atoms with Gasteiger partial charge in [-0.25, -0.2) is 4.39 Å². The van der Waals surface area contributed by atoms with Gasteiger partial charge >= 0.3 is 0 Å². The monoisotopic (exact) mass is 244 g/mol. The number of halogens is 1. The molecule has 0 aliphatic rings. The lowest BCUT2D eigenvalue weighted by Gasteiger charge is -2.16. The maximum atomic E-state index is 13.6. The zero-order chi connectivity index (χ0) is 12.8. The molecule has 2 aromatic carbocycles. The molecule has 0 amide bonds.